The molecule has 22 heavy (non-hydrogen) atoms. The molecule has 1 amide bonds. The Balaban J connectivity index is 2.15. The fraction of sp³-hybridized carbons (Fsp3) is 0.500. The molecule has 0 saturated carbocycles. The molecule has 2 rings (SSSR count). The molecular weight excluding hydrogens is 302 g/mol. The number of hydrogen-bond donors (Lipinski definition) is 2. The zero-order chi connectivity index (χ0) is 16.2. The molecule has 1 fully saturated rings. The van der Waals surface area contributed by atoms with Gasteiger partial charge in [-0.1, -0.05) is 19.1 Å². The first-order chi connectivity index (χ1) is 10.5. The Morgan fingerprint density at radius 1 is 1.41 bits per heavy atom. The summed E-state index contributed by atoms with van der Waals surface area (Å²) in [5.41, 5.74) is -0.256. The Bertz CT molecular complexity index is 538. The molecule has 2 N–H and O–H groups in total. The standard InChI is InChI=1S/C16H21NO4S/c1-3-13(11-4-6-12(21-2)7-5-11)14(18)17-16(15(19)20)8-9-22-10-16/h4-7,13H,3,8-10H2,1-2H3,(H,17,18)(H,19,20). The third-order valence-electron chi connectivity index (χ3n) is 4.04. The van der Waals surface area contributed by atoms with Gasteiger partial charge >= 0.3 is 5.97 Å². The first-order valence-corrected chi connectivity index (χ1v) is 8.45. The van der Waals surface area contributed by atoms with Gasteiger partial charge in [-0.05, 0) is 36.3 Å². The normalized spacial score (nSPS) is 22.1. The maximum atomic E-state index is 12.6. The van der Waals surface area contributed by atoms with E-state index in [0.717, 1.165) is 17.1 Å². The highest BCUT2D eigenvalue weighted by Crippen LogP contribution is 2.30. The second-order valence-corrected chi connectivity index (χ2v) is 6.52. The molecular formula is C16H21NO4S. The molecule has 0 aliphatic carbocycles. The highest BCUT2D eigenvalue weighted by Gasteiger charge is 2.44. The highest BCUT2D eigenvalue weighted by molar-refractivity contribution is 7.99. The topological polar surface area (TPSA) is 75.6 Å². The lowest BCUT2D eigenvalue weighted by Crippen LogP contribution is -2.55. The number of methoxy groups -OCH3 is 1. The molecule has 2 unspecified atom stereocenters. The van der Waals surface area contributed by atoms with E-state index in [1.807, 2.05) is 31.2 Å². The largest absolute Gasteiger partial charge is 0.497 e. The van der Waals surface area contributed by atoms with Gasteiger partial charge in [-0.15, -0.1) is 0 Å². The molecule has 120 valence electrons. The Morgan fingerprint density at radius 3 is 2.55 bits per heavy atom. The molecule has 1 aliphatic heterocycles. The van der Waals surface area contributed by atoms with Crippen LogP contribution in [0.1, 0.15) is 31.2 Å². The van der Waals surface area contributed by atoms with Crippen LogP contribution in [0.2, 0.25) is 0 Å². The Kier molecular flexibility index (Phi) is 5.34. The van der Waals surface area contributed by atoms with Crippen LogP contribution in [0.5, 0.6) is 5.75 Å². The summed E-state index contributed by atoms with van der Waals surface area (Å²) in [7, 11) is 1.59. The third kappa shape index (κ3) is 3.38. The van der Waals surface area contributed by atoms with Gasteiger partial charge in [-0.2, -0.15) is 11.8 Å². The SMILES string of the molecule is CCC(C(=O)NC1(C(=O)O)CCSC1)c1ccc(OC)cc1. The molecule has 1 aromatic carbocycles. The summed E-state index contributed by atoms with van der Waals surface area (Å²) in [5.74, 6) is 0.382. The molecule has 0 bridgehead atoms. The molecule has 0 spiro atoms. The van der Waals surface area contributed by atoms with Gasteiger partial charge in [0.15, 0.2) is 0 Å². The number of carbonyl (C=O) groups is 2. The van der Waals surface area contributed by atoms with E-state index in [9.17, 15) is 14.7 Å². The molecule has 0 aromatic heterocycles. The molecule has 2 atom stereocenters. The Hall–Kier alpha value is -1.69. The molecule has 5 nitrogen and oxygen atoms in total. The predicted octanol–water partition coefficient (Wildman–Crippen LogP) is 2.27. The van der Waals surface area contributed by atoms with E-state index in [-0.39, 0.29) is 11.8 Å². The van der Waals surface area contributed by atoms with Gasteiger partial charge in [-0.25, -0.2) is 4.79 Å². The van der Waals surface area contributed by atoms with E-state index in [1.54, 1.807) is 18.9 Å². The van der Waals surface area contributed by atoms with Gasteiger partial charge in [-0.3, -0.25) is 4.79 Å². The Morgan fingerprint density at radius 2 is 2.09 bits per heavy atom. The van der Waals surface area contributed by atoms with Crippen molar-refractivity contribution < 1.29 is 19.4 Å². The van der Waals surface area contributed by atoms with Crippen molar-refractivity contribution in [3.05, 3.63) is 29.8 Å². The Labute approximate surface area is 134 Å². The van der Waals surface area contributed by atoms with Crippen LogP contribution in [0.25, 0.3) is 0 Å². The van der Waals surface area contributed by atoms with E-state index in [4.69, 9.17) is 4.74 Å². The summed E-state index contributed by atoms with van der Waals surface area (Å²) in [6, 6.07) is 7.32. The number of rotatable bonds is 6. The van der Waals surface area contributed by atoms with Gasteiger partial charge in [0.1, 0.15) is 11.3 Å². The number of carbonyl (C=O) groups excluding carboxylic acids is 1. The predicted molar refractivity (Wildman–Crippen MR) is 86.5 cm³/mol. The van der Waals surface area contributed by atoms with Crippen molar-refractivity contribution in [2.45, 2.75) is 31.2 Å². The maximum absolute atomic E-state index is 12.6. The first-order valence-electron chi connectivity index (χ1n) is 7.29. The van der Waals surface area contributed by atoms with Crippen LogP contribution >= 0.6 is 11.8 Å². The smallest absolute Gasteiger partial charge is 0.330 e. The average Bonchev–Trinajstić information content (AvgIpc) is 2.98. The minimum atomic E-state index is -1.12. The molecule has 0 radical (unpaired) electrons. The van der Waals surface area contributed by atoms with Crippen LogP contribution in [0, 0.1) is 0 Å². The second kappa shape index (κ2) is 7.05. The molecule has 6 heteroatoms. The zero-order valence-electron chi connectivity index (χ0n) is 12.8. The number of carboxylic acid groups (broad SMARTS) is 1. The quantitative estimate of drug-likeness (QED) is 0.840. The zero-order valence-corrected chi connectivity index (χ0v) is 13.6. The summed E-state index contributed by atoms with van der Waals surface area (Å²) in [4.78, 5) is 24.1. The summed E-state index contributed by atoms with van der Waals surface area (Å²) in [5, 5.41) is 12.2. The van der Waals surface area contributed by atoms with E-state index in [2.05, 4.69) is 5.32 Å². The van der Waals surface area contributed by atoms with Gasteiger partial charge in [0.25, 0.3) is 0 Å². The van der Waals surface area contributed by atoms with Crippen LogP contribution in [0.15, 0.2) is 24.3 Å². The van der Waals surface area contributed by atoms with Crippen molar-refractivity contribution in [2.75, 3.05) is 18.6 Å². The molecule has 1 heterocycles. The number of amides is 1. The van der Waals surface area contributed by atoms with Crippen LogP contribution < -0.4 is 10.1 Å². The number of aliphatic carboxylic acids is 1. The summed E-state index contributed by atoms with van der Waals surface area (Å²) >= 11 is 1.56. The molecule has 1 aliphatic rings. The van der Waals surface area contributed by atoms with E-state index < -0.39 is 11.5 Å². The van der Waals surface area contributed by atoms with Crippen molar-refractivity contribution in [1.82, 2.24) is 5.32 Å². The van der Waals surface area contributed by atoms with Crippen molar-refractivity contribution in [3.63, 3.8) is 0 Å². The van der Waals surface area contributed by atoms with Crippen LogP contribution in [-0.2, 0) is 9.59 Å². The maximum Gasteiger partial charge on any atom is 0.330 e. The highest BCUT2D eigenvalue weighted by atomic mass is 32.2. The minimum absolute atomic E-state index is 0.224. The lowest BCUT2D eigenvalue weighted by atomic mass is 9.92. The number of thioether (sulfide) groups is 1. The summed E-state index contributed by atoms with van der Waals surface area (Å²) in [6.45, 7) is 1.92. The lowest BCUT2D eigenvalue weighted by molar-refractivity contribution is -0.146. The third-order valence-corrected chi connectivity index (χ3v) is 5.23. The van der Waals surface area contributed by atoms with E-state index >= 15 is 0 Å². The number of ether oxygens (including phenoxy) is 1. The van der Waals surface area contributed by atoms with Crippen molar-refractivity contribution in [1.29, 1.82) is 0 Å². The van der Waals surface area contributed by atoms with Crippen molar-refractivity contribution >= 4 is 23.6 Å². The van der Waals surface area contributed by atoms with Crippen LogP contribution in [-0.4, -0.2) is 41.1 Å². The second-order valence-electron chi connectivity index (χ2n) is 5.41. The van der Waals surface area contributed by atoms with E-state index in [1.165, 1.54) is 0 Å². The minimum Gasteiger partial charge on any atom is -0.497 e. The molecule has 1 saturated heterocycles. The fourth-order valence-corrected chi connectivity index (χ4v) is 3.94. The van der Waals surface area contributed by atoms with Gasteiger partial charge in [0.2, 0.25) is 5.91 Å². The van der Waals surface area contributed by atoms with Crippen LogP contribution in [0.4, 0.5) is 0 Å². The summed E-state index contributed by atoms with van der Waals surface area (Å²) in [6.07, 6.45) is 1.08. The van der Waals surface area contributed by atoms with Gasteiger partial charge < -0.3 is 15.2 Å². The number of hydrogen-bond acceptors (Lipinski definition) is 4. The first kappa shape index (κ1) is 16.7. The number of nitrogens with one attached hydrogen (secondary N) is 1. The molecule has 1 aromatic rings. The van der Waals surface area contributed by atoms with Crippen molar-refractivity contribution in [3.8, 4) is 5.75 Å². The number of benzene rings is 1. The van der Waals surface area contributed by atoms with Crippen LogP contribution in [0.3, 0.4) is 0 Å². The van der Waals surface area contributed by atoms with Gasteiger partial charge in [0.05, 0.1) is 13.0 Å². The lowest BCUT2D eigenvalue weighted by Gasteiger charge is -2.27. The fourth-order valence-electron chi connectivity index (χ4n) is 2.62. The van der Waals surface area contributed by atoms with Crippen molar-refractivity contribution in [2.24, 2.45) is 0 Å². The monoisotopic (exact) mass is 323 g/mol. The van der Waals surface area contributed by atoms with E-state index in [0.29, 0.717) is 18.6 Å². The van der Waals surface area contributed by atoms with Gasteiger partial charge in [0, 0.05) is 5.75 Å². The summed E-state index contributed by atoms with van der Waals surface area (Å²) < 4.78 is 5.12. The average molecular weight is 323 g/mol. The number of carboxylic acids is 1.